The van der Waals surface area contributed by atoms with Crippen LogP contribution in [-0.2, 0) is 20.9 Å². The summed E-state index contributed by atoms with van der Waals surface area (Å²) in [5.41, 5.74) is -2.53. The zero-order valence-corrected chi connectivity index (χ0v) is 19.6. The Balaban J connectivity index is 3.04. The van der Waals surface area contributed by atoms with E-state index in [1.807, 2.05) is 0 Å². The number of aromatic amines is 1. The molecule has 1 heterocycles. The maximum atomic E-state index is 12.8. The molecule has 1 aromatic heterocycles. The Kier molecular flexibility index (Phi) is 9.83. The lowest BCUT2D eigenvalue weighted by molar-refractivity contribution is -0.0765. The Bertz CT molecular complexity index is 880. The van der Waals surface area contributed by atoms with Gasteiger partial charge in [-0.3, -0.25) is 13.9 Å². The van der Waals surface area contributed by atoms with E-state index >= 15 is 0 Å². The smallest absolute Gasteiger partial charge is 0.359 e. The molecule has 0 spiro atoms. The average molecular weight is 466 g/mol. The normalized spacial score (nSPS) is 18.2. The van der Waals surface area contributed by atoms with Gasteiger partial charge in [0.25, 0.3) is 5.56 Å². The summed E-state index contributed by atoms with van der Waals surface area (Å²) in [6, 6.07) is 0. The first kappa shape index (κ1) is 27.7. The molecule has 11 nitrogen and oxygen atoms in total. The highest BCUT2D eigenvalue weighted by Crippen LogP contribution is 2.60. The number of hydrogen-bond acceptors (Lipinski definition) is 8. The van der Waals surface area contributed by atoms with E-state index in [0.29, 0.717) is 6.42 Å². The number of hydrogen-bond donors (Lipinski definition) is 5. The number of H-pyrrole nitrogens is 1. The van der Waals surface area contributed by atoms with E-state index in [1.165, 1.54) is 7.05 Å². The molecular weight excluding hydrogens is 431 g/mol. The first-order valence-electron chi connectivity index (χ1n) is 10.3. The van der Waals surface area contributed by atoms with Crippen LogP contribution in [0.15, 0.2) is 15.8 Å². The molecular formula is C19H35N2O9P. The van der Waals surface area contributed by atoms with Gasteiger partial charge in [0.1, 0.15) is 12.2 Å². The Hall–Kier alpha value is -1.33. The molecule has 4 atom stereocenters. The highest BCUT2D eigenvalue weighted by atomic mass is 31.2. The van der Waals surface area contributed by atoms with Crippen LogP contribution in [0.1, 0.15) is 65.0 Å². The Labute approximate surface area is 181 Å². The van der Waals surface area contributed by atoms with Crippen molar-refractivity contribution in [3.63, 3.8) is 0 Å². The summed E-state index contributed by atoms with van der Waals surface area (Å²) < 4.78 is 24.7. The van der Waals surface area contributed by atoms with Gasteiger partial charge in [0.15, 0.2) is 5.34 Å². The second-order valence-electron chi connectivity index (χ2n) is 7.81. The molecule has 0 aliphatic heterocycles. The van der Waals surface area contributed by atoms with Crippen LogP contribution in [0.5, 0.6) is 0 Å². The van der Waals surface area contributed by atoms with Gasteiger partial charge in [-0.15, -0.1) is 0 Å². The zero-order valence-electron chi connectivity index (χ0n) is 18.7. The van der Waals surface area contributed by atoms with Crippen LogP contribution in [0.4, 0.5) is 0 Å². The molecule has 12 heteroatoms. The lowest BCUT2D eigenvalue weighted by Gasteiger charge is -2.37. The van der Waals surface area contributed by atoms with E-state index in [0.717, 1.165) is 10.8 Å². The number of aromatic nitrogens is 2. The van der Waals surface area contributed by atoms with E-state index in [9.17, 15) is 34.4 Å². The Morgan fingerprint density at radius 2 is 1.81 bits per heavy atom. The Morgan fingerprint density at radius 1 is 1.23 bits per heavy atom. The van der Waals surface area contributed by atoms with Crippen LogP contribution in [0, 0.1) is 0 Å². The average Bonchev–Trinajstić information content (AvgIpc) is 2.74. The van der Waals surface area contributed by atoms with Gasteiger partial charge >= 0.3 is 13.3 Å². The van der Waals surface area contributed by atoms with Gasteiger partial charge < -0.3 is 34.5 Å². The number of rotatable bonds is 13. The molecule has 31 heavy (non-hydrogen) atoms. The molecule has 0 bridgehead atoms. The summed E-state index contributed by atoms with van der Waals surface area (Å²) in [5.74, 6) is 0. The first-order chi connectivity index (χ1) is 14.3. The minimum Gasteiger partial charge on any atom is -0.394 e. The van der Waals surface area contributed by atoms with Crippen LogP contribution < -0.4 is 11.2 Å². The SMILES string of the molecule is CCC(C)(CCO[C@@H](c1c[nH]c(=O)n(C)c1=O)[C@H](O)CO)OP(=O)(O)C(O)(CC)CC. The molecule has 0 amide bonds. The van der Waals surface area contributed by atoms with Gasteiger partial charge in [-0.2, -0.15) is 0 Å². The topological polar surface area (TPSA) is 171 Å². The van der Waals surface area contributed by atoms with Crippen molar-refractivity contribution in [1.29, 1.82) is 0 Å². The van der Waals surface area contributed by atoms with Crippen LogP contribution in [0.2, 0.25) is 0 Å². The van der Waals surface area contributed by atoms with Gasteiger partial charge in [-0.05, 0) is 26.2 Å². The van der Waals surface area contributed by atoms with E-state index in [-0.39, 0.29) is 31.4 Å². The van der Waals surface area contributed by atoms with Crippen LogP contribution >= 0.6 is 7.60 Å². The van der Waals surface area contributed by atoms with Crippen molar-refractivity contribution in [1.82, 2.24) is 9.55 Å². The second-order valence-corrected chi connectivity index (χ2v) is 9.87. The monoisotopic (exact) mass is 466 g/mol. The molecule has 1 aromatic rings. The third-order valence-corrected chi connectivity index (χ3v) is 8.10. The quantitative estimate of drug-likeness (QED) is 0.263. The summed E-state index contributed by atoms with van der Waals surface area (Å²) in [6.45, 7) is 5.73. The lowest BCUT2D eigenvalue weighted by atomic mass is 10.00. The fourth-order valence-electron chi connectivity index (χ4n) is 3.01. The van der Waals surface area contributed by atoms with Crippen molar-refractivity contribution in [2.75, 3.05) is 13.2 Å². The van der Waals surface area contributed by atoms with Crippen molar-refractivity contribution in [2.45, 2.75) is 76.5 Å². The van der Waals surface area contributed by atoms with E-state index < -0.39 is 48.6 Å². The minimum atomic E-state index is -4.40. The largest absolute Gasteiger partial charge is 0.394 e. The molecule has 0 saturated carbocycles. The van der Waals surface area contributed by atoms with Gasteiger partial charge in [0, 0.05) is 19.7 Å². The molecule has 0 aliphatic rings. The van der Waals surface area contributed by atoms with Crippen LogP contribution in [-0.4, -0.2) is 60.0 Å². The molecule has 180 valence electrons. The van der Waals surface area contributed by atoms with E-state index in [1.54, 1.807) is 27.7 Å². The third-order valence-electron chi connectivity index (χ3n) is 5.73. The molecule has 0 aromatic carbocycles. The number of aliphatic hydroxyl groups is 3. The minimum absolute atomic E-state index is 0.0356. The van der Waals surface area contributed by atoms with E-state index in [2.05, 4.69) is 4.98 Å². The fraction of sp³-hybridized carbons (Fsp3) is 0.789. The molecule has 0 fully saturated rings. The summed E-state index contributed by atoms with van der Waals surface area (Å²) in [4.78, 5) is 36.7. The fourth-order valence-corrected chi connectivity index (χ4v) is 4.80. The maximum Gasteiger partial charge on any atom is 0.359 e. The van der Waals surface area contributed by atoms with Crippen molar-refractivity contribution < 1.29 is 34.0 Å². The Morgan fingerprint density at radius 3 is 2.29 bits per heavy atom. The van der Waals surface area contributed by atoms with Crippen molar-refractivity contribution in [2.24, 2.45) is 7.05 Å². The summed E-state index contributed by atoms with van der Waals surface area (Å²) in [7, 11) is -3.14. The van der Waals surface area contributed by atoms with E-state index in [4.69, 9.17) is 9.26 Å². The third kappa shape index (κ3) is 6.35. The van der Waals surface area contributed by atoms with Crippen molar-refractivity contribution in [3.05, 3.63) is 32.6 Å². The number of nitrogens with zero attached hydrogens (tertiary/aromatic N) is 1. The van der Waals surface area contributed by atoms with Gasteiger partial charge in [-0.25, -0.2) is 4.79 Å². The number of nitrogens with one attached hydrogen (secondary N) is 1. The molecule has 5 N–H and O–H groups in total. The molecule has 0 radical (unpaired) electrons. The molecule has 0 aliphatic carbocycles. The summed E-state index contributed by atoms with van der Waals surface area (Å²) in [5, 5.41) is 28.1. The highest BCUT2D eigenvalue weighted by Gasteiger charge is 2.48. The maximum absolute atomic E-state index is 12.8. The van der Waals surface area contributed by atoms with Crippen molar-refractivity contribution >= 4 is 7.60 Å². The zero-order chi connectivity index (χ0) is 24.0. The highest BCUT2D eigenvalue weighted by molar-refractivity contribution is 7.54. The van der Waals surface area contributed by atoms with Gasteiger partial charge in [-0.1, -0.05) is 20.8 Å². The number of ether oxygens (including phenoxy) is 1. The van der Waals surface area contributed by atoms with Crippen LogP contribution in [0.25, 0.3) is 0 Å². The lowest BCUT2D eigenvalue weighted by Crippen LogP contribution is -2.39. The molecule has 0 saturated heterocycles. The van der Waals surface area contributed by atoms with Crippen molar-refractivity contribution in [3.8, 4) is 0 Å². The molecule has 1 rings (SSSR count). The van der Waals surface area contributed by atoms with Crippen LogP contribution in [0.3, 0.4) is 0 Å². The first-order valence-corrected chi connectivity index (χ1v) is 11.8. The second kappa shape index (κ2) is 11.0. The molecule has 2 unspecified atom stereocenters. The predicted molar refractivity (Wildman–Crippen MR) is 114 cm³/mol. The van der Waals surface area contributed by atoms with Gasteiger partial charge in [0.05, 0.1) is 24.4 Å². The standard InChI is InChI=1S/C19H35N2O9P/c1-6-18(4,30-31(27,28)19(26,7-2)8-3)9-10-29-15(14(23)12-22)13-11-20-17(25)21(5)16(13)24/h11,14-15,22-23,26H,6-10,12H2,1-5H3,(H,20,25)(H,27,28)/t14-,15+,18?/m1/s1. The summed E-state index contributed by atoms with van der Waals surface area (Å²) in [6.07, 6.45) is -1.09. The predicted octanol–water partition coefficient (Wildman–Crippen LogP) is 0.754. The van der Waals surface area contributed by atoms with Gasteiger partial charge in [0.2, 0.25) is 0 Å². The number of aliphatic hydroxyl groups excluding tert-OH is 2. The summed E-state index contributed by atoms with van der Waals surface area (Å²) >= 11 is 0.